The van der Waals surface area contributed by atoms with Crippen molar-refractivity contribution in [1.82, 2.24) is 10.3 Å². The van der Waals surface area contributed by atoms with Crippen LogP contribution in [-0.4, -0.2) is 4.98 Å². The predicted molar refractivity (Wildman–Crippen MR) is 70.3 cm³/mol. The third-order valence-electron chi connectivity index (χ3n) is 2.93. The zero-order chi connectivity index (χ0) is 12.4. The predicted octanol–water partition coefficient (Wildman–Crippen LogP) is 3.51. The average molecular weight is 250 g/mol. The highest BCUT2D eigenvalue weighted by Crippen LogP contribution is 2.23. The highest BCUT2D eigenvalue weighted by Gasteiger charge is 2.11. The molecule has 1 atom stereocenters. The SMILES string of the molecule is Cc1ccsc1C(C)NCc1nc(C)c(C)o1. The Balaban J connectivity index is 1.97. The number of oxazole rings is 1. The minimum atomic E-state index is 0.336. The Labute approximate surface area is 106 Å². The maximum atomic E-state index is 5.54. The number of hydrogen-bond donors (Lipinski definition) is 1. The van der Waals surface area contributed by atoms with Crippen LogP contribution >= 0.6 is 11.3 Å². The second kappa shape index (κ2) is 5.02. The van der Waals surface area contributed by atoms with Gasteiger partial charge in [0.15, 0.2) is 0 Å². The van der Waals surface area contributed by atoms with Crippen LogP contribution in [0.3, 0.4) is 0 Å². The highest BCUT2D eigenvalue weighted by molar-refractivity contribution is 7.10. The Bertz CT molecular complexity index is 482. The Morgan fingerprint density at radius 2 is 2.18 bits per heavy atom. The molecule has 92 valence electrons. The number of nitrogens with zero attached hydrogens (tertiary/aromatic N) is 1. The van der Waals surface area contributed by atoms with Gasteiger partial charge < -0.3 is 9.73 Å². The van der Waals surface area contributed by atoms with Crippen LogP contribution in [0.5, 0.6) is 0 Å². The fraction of sp³-hybridized carbons (Fsp3) is 0.462. The molecule has 2 heterocycles. The van der Waals surface area contributed by atoms with E-state index in [9.17, 15) is 0 Å². The molecule has 0 bridgehead atoms. The fourth-order valence-electron chi connectivity index (χ4n) is 1.78. The van der Waals surface area contributed by atoms with Crippen molar-refractivity contribution in [1.29, 1.82) is 0 Å². The van der Waals surface area contributed by atoms with Gasteiger partial charge in [-0.25, -0.2) is 4.98 Å². The van der Waals surface area contributed by atoms with E-state index in [1.807, 2.05) is 13.8 Å². The number of nitrogens with one attached hydrogen (secondary N) is 1. The molecule has 17 heavy (non-hydrogen) atoms. The maximum Gasteiger partial charge on any atom is 0.208 e. The van der Waals surface area contributed by atoms with E-state index in [2.05, 4.69) is 35.6 Å². The Kier molecular flexibility index (Phi) is 3.64. The first-order chi connectivity index (χ1) is 8.08. The monoisotopic (exact) mass is 250 g/mol. The Morgan fingerprint density at radius 3 is 2.71 bits per heavy atom. The smallest absolute Gasteiger partial charge is 0.208 e. The summed E-state index contributed by atoms with van der Waals surface area (Å²) >= 11 is 1.79. The van der Waals surface area contributed by atoms with Crippen LogP contribution in [-0.2, 0) is 6.54 Å². The largest absolute Gasteiger partial charge is 0.444 e. The van der Waals surface area contributed by atoms with Crippen molar-refractivity contribution < 1.29 is 4.42 Å². The van der Waals surface area contributed by atoms with Gasteiger partial charge in [-0.1, -0.05) is 0 Å². The van der Waals surface area contributed by atoms with Crippen LogP contribution in [0.2, 0.25) is 0 Å². The van der Waals surface area contributed by atoms with Crippen LogP contribution in [0.4, 0.5) is 0 Å². The summed E-state index contributed by atoms with van der Waals surface area (Å²) in [5.41, 5.74) is 2.32. The third-order valence-corrected chi connectivity index (χ3v) is 4.13. The van der Waals surface area contributed by atoms with Crippen molar-refractivity contribution in [2.75, 3.05) is 0 Å². The van der Waals surface area contributed by atoms with Gasteiger partial charge in [0.25, 0.3) is 0 Å². The maximum absolute atomic E-state index is 5.54. The molecule has 0 aliphatic heterocycles. The molecular formula is C13H18N2OS. The summed E-state index contributed by atoms with van der Waals surface area (Å²) in [6, 6.07) is 2.49. The van der Waals surface area contributed by atoms with Crippen LogP contribution in [0, 0.1) is 20.8 Å². The van der Waals surface area contributed by atoms with Crippen LogP contribution < -0.4 is 5.32 Å². The van der Waals surface area contributed by atoms with Crippen molar-refractivity contribution in [3.05, 3.63) is 39.2 Å². The van der Waals surface area contributed by atoms with E-state index in [1.165, 1.54) is 10.4 Å². The molecule has 0 aliphatic carbocycles. The van der Waals surface area contributed by atoms with Crippen LogP contribution in [0.1, 0.15) is 40.8 Å². The van der Waals surface area contributed by atoms with E-state index in [4.69, 9.17) is 4.42 Å². The Morgan fingerprint density at radius 1 is 1.41 bits per heavy atom. The number of aryl methyl sites for hydroxylation is 3. The molecule has 0 aliphatic rings. The summed E-state index contributed by atoms with van der Waals surface area (Å²) < 4.78 is 5.54. The number of aromatic nitrogens is 1. The summed E-state index contributed by atoms with van der Waals surface area (Å²) in [5, 5.41) is 5.56. The van der Waals surface area contributed by atoms with Crippen molar-refractivity contribution in [3.8, 4) is 0 Å². The minimum absolute atomic E-state index is 0.336. The van der Waals surface area contributed by atoms with Gasteiger partial charge in [-0.2, -0.15) is 0 Å². The lowest BCUT2D eigenvalue weighted by Gasteiger charge is -2.11. The molecule has 0 aromatic carbocycles. The zero-order valence-corrected chi connectivity index (χ0v) is 11.5. The number of thiophene rings is 1. The van der Waals surface area contributed by atoms with Gasteiger partial charge in [-0.05, 0) is 44.7 Å². The third kappa shape index (κ3) is 2.76. The first-order valence-corrected chi connectivity index (χ1v) is 6.66. The van der Waals surface area contributed by atoms with Gasteiger partial charge >= 0.3 is 0 Å². The lowest BCUT2D eigenvalue weighted by atomic mass is 10.2. The lowest BCUT2D eigenvalue weighted by Crippen LogP contribution is -2.18. The highest BCUT2D eigenvalue weighted by atomic mass is 32.1. The minimum Gasteiger partial charge on any atom is -0.444 e. The molecule has 0 radical (unpaired) electrons. The molecule has 0 saturated heterocycles. The zero-order valence-electron chi connectivity index (χ0n) is 10.7. The fourth-order valence-corrected chi connectivity index (χ4v) is 2.74. The first kappa shape index (κ1) is 12.3. The number of rotatable bonds is 4. The molecule has 2 rings (SSSR count). The van der Waals surface area contributed by atoms with Crippen molar-refractivity contribution in [2.45, 2.75) is 40.3 Å². The molecule has 4 heteroatoms. The molecule has 0 saturated carbocycles. The van der Waals surface area contributed by atoms with Gasteiger partial charge in [0.2, 0.25) is 5.89 Å². The van der Waals surface area contributed by atoms with Gasteiger partial charge in [-0.3, -0.25) is 0 Å². The van der Waals surface area contributed by atoms with Crippen molar-refractivity contribution >= 4 is 11.3 Å². The molecule has 3 nitrogen and oxygen atoms in total. The molecule has 0 amide bonds. The lowest BCUT2D eigenvalue weighted by molar-refractivity contribution is 0.433. The normalized spacial score (nSPS) is 12.9. The molecule has 0 spiro atoms. The topological polar surface area (TPSA) is 38.1 Å². The molecular weight excluding hydrogens is 232 g/mol. The van der Waals surface area contributed by atoms with E-state index in [0.717, 1.165) is 17.3 Å². The van der Waals surface area contributed by atoms with Crippen LogP contribution in [0.25, 0.3) is 0 Å². The van der Waals surface area contributed by atoms with Gasteiger partial charge in [0, 0.05) is 10.9 Å². The quantitative estimate of drug-likeness (QED) is 0.902. The van der Waals surface area contributed by atoms with E-state index < -0.39 is 0 Å². The average Bonchev–Trinajstić information content (AvgIpc) is 2.83. The van der Waals surface area contributed by atoms with Crippen molar-refractivity contribution in [3.63, 3.8) is 0 Å². The summed E-state index contributed by atoms with van der Waals surface area (Å²) in [4.78, 5) is 5.74. The molecule has 1 N–H and O–H groups in total. The Hall–Kier alpha value is -1.13. The van der Waals surface area contributed by atoms with E-state index in [-0.39, 0.29) is 0 Å². The summed E-state index contributed by atoms with van der Waals surface area (Å²) in [6.45, 7) is 8.89. The molecule has 2 aromatic rings. The van der Waals surface area contributed by atoms with Gasteiger partial charge in [-0.15, -0.1) is 11.3 Å². The van der Waals surface area contributed by atoms with Gasteiger partial charge in [0.05, 0.1) is 12.2 Å². The molecule has 2 aromatic heterocycles. The van der Waals surface area contributed by atoms with Gasteiger partial charge in [0.1, 0.15) is 5.76 Å². The second-order valence-electron chi connectivity index (χ2n) is 4.32. The molecule has 0 fully saturated rings. The second-order valence-corrected chi connectivity index (χ2v) is 5.27. The molecule has 1 unspecified atom stereocenters. The summed E-state index contributed by atoms with van der Waals surface area (Å²) in [6.07, 6.45) is 0. The first-order valence-electron chi connectivity index (χ1n) is 5.78. The standard InChI is InChI=1S/C13H18N2OS/c1-8-5-6-17-13(8)10(3)14-7-12-15-9(2)11(4)16-12/h5-6,10,14H,7H2,1-4H3. The summed E-state index contributed by atoms with van der Waals surface area (Å²) in [5.74, 6) is 1.67. The van der Waals surface area contributed by atoms with Crippen molar-refractivity contribution in [2.24, 2.45) is 0 Å². The van der Waals surface area contributed by atoms with Crippen LogP contribution in [0.15, 0.2) is 15.9 Å². The number of hydrogen-bond acceptors (Lipinski definition) is 4. The summed E-state index contributed by atoms with van der Waals surface area (Å²) in [7, 11) is 0. The van der Waals surface area contributed by atoms with E-state index in [0.29, 0.717) is 12.6 Å². The van der Waals surface area contributed by atoms with E-state index in [1.54, 1.807) is 11.3 Å². The van der Waals surface area contributed by atoms with E-state index >= 15 is 0 Å².